The number of ether oxygens (including phenoxy) is 2. The highest BCUT2D eigenvalue weighted by atomic mass is 35.5. The van der Waals surface area contributed by atoms with Crippen LogP contribution < -0.4 is 16.0 Å². The zero-order chi connectivity index (χ0) is 27.4. The molecule has 4 atom stereocenters. The maximum absolute atomic E-state index is 13.2. The Bertz CT molecular complexity index is 1110. The second-order valence-electron chi connectivity index (χ2n) is 9.98. The summed E-state index contributed by atoms with van der Waals surface area (Å²) in [5.41, 5.74) is 0.592. The maximum Gasteiger partial charge on any atom is 0.310 e. The van der Waals surface area contributed by atoms with E-state index in [1.54, 1.807) is 6.92 Å². The molecule has 3 fully saturated rings. The van der Waals surface area contributed by atoms with Crippen LogP contribution in [0.4, 0.5) is 5.69 Å². The summed E-state index contributed by atoms with van der Waals surface area (Å²) < 4.78 is 11.2. The predicted octanol–water partition coefficient (Wildman–Crippen LogP) is 2.12. The van der Waals surface area contributed by atoms with Crippen LogP contribution in [0.15, 0.2) is 18.2 Å². The Labute approximate surface area is 225 Å². The molecule has 1 aliphatic carbocycles. The van der Waals surface area contributed by atoms with Crippen LogP contribution in [0.1, 0.15) is 69.2 Å². The third kappa shape index (κ3) is 6.63. The molecule has 0 spiro atoms. The average molecular weight is 549 g/mol. The SMILES string of the molecule is CC(=O)Nc1ccc(C(=O)NC(C)C(=O)N2CCCC2C(=O)NC2CC(=O)OC2OC2CCCC2)cc1Cl. The Hall–Kier alpha value is -3.18. The van der Waals surface area contributed by atoms with Gasteiger partial charge in [-0.15, -0.1) is 0 Å². The number of amides is 4. The number of carbonyl (C=O) groups is 5. The molecule has 1 aromatic rings. The number of halogens is 1. The zero-order valence-corrected chi connectivity index (χ0v) is 22.2. The van der Waals surface area contributed by atoms with Crippen LogP contribution in [0.3, 0.4) is 0 Å². The van der Waals surface area contributed by atoms with Gasteiger partial charge in [-0.1, -0.05) is 24.4 Å². The average Bonchev–Trinajstić information content (AvgIpc) is 3.62. The molecule has 4 unspecified atom stereocenters. The standard InChI is InChI=1S/C26H33ClN4O7/c1-14(28-23(34)16-9-10-19(18(27)12-16)29-15(2)32)25(36)31-11-5-8-21(31)24(35)30-20-13-22(33)38-26(20)37-17-6-3-4-7-17/h9-10,12,14,17,20-21,26H,3-8,11,13H2,1-2H3,(H,28,34)(H,29,32)(H,30,35). The van der Waals surface area contributed by atoms with Gasteiger partial charge in [0.15, 0.2) is 0 Å². The number of likely N-dealkylation sites (tertiary alicyclic amines) is 1. The summed E-state index contributed by atoms with van der Waals surface area (Å²) >= 11 is 6.16. The van der Waals surface area contributed by atoms with Gasteiger partial charge in [0.2, 0.25) is 24.0 Å². The number of cyclic esters (lactones) is 1. The third-order valence-electron chi connectivity index (χ3n) is 7.02. The topological polar surface area (TPSA) is 143 Å². The maximum atomic E-state index is 13.2. The van der Waals surface area contributed by atoms with E-state index in [4.69, 9.17) is 21.1 Å². The molecule has 0 aromatic heterocycles. The zero-order valence-electron chi connectivity index (χ0n) is 21.5. The summed E-state index contributed by atoms with van der Waals surface area (Å²) in [5, 5.41) is 8.26. The molecule has 38 heavy (non-hydrogen) atoms. The molecule has 3 N–H and O–H groups in total. The van der Waals surface area contributed by atoms with Crippen LogP contribution in [0.5, 0.6) is 0 Å². The van der Waals surface area contributed by atoms with Crippen LogP contribution in [-0.4, -0.2) is 71.6 Å². The molecule has 3 aliphatic rings. The van der Waals surface area contributed by atoms with Crippen LogP contribution in [0.2, 0.25) is 5.02 Å². The highest BCUT2D eigenvalue weighted by Gasteiger charge is 2.42. The Morgan fingerprint density at radius 1 is 1.13 bits per heavy atom. The number of esters is 1. The van der Waals surface area contributed by atoms with Crippen LogP contribution in [-0.2, 0) is 28.7 Å². The van der Waals surface area contributed by atoms with Gasteiger partial charge in [-0.2, -0.15) is 0 Å². The van der Waals surface area contributed by atoms with Crippen molar-refractivity contribution in [2.24, 2.45) is 0 Å². The van der Waals surface area contributed by atoms with Crippen molar-refractivity contribution in [1.29, 1.82) is 0 Å². The quantitative estimate of drug-likeness (QED) is 0.422. The summed E-state index contributed by atoms with van der Waals surface area (Å²) in [6, 6.07) is 2.16. The molecular weight excluding hydrogens is 516 g/mol. The lowest BCUT2D eigenvalue weighted by Gasteiger charge is -2.29. The van der Waals surface area contributed by atoms with Gasteiger partial charge in [0.05, 0.1) is 23.2 Å². The first-order valence-electron chi connectivity index (χ1n) is 13.0. The second-order valence-corrected chi connectivity index (χ2v) is 10.4. The first-order valence-corrected chi connectivity index (χ1v) is 13.3. The summed E-state index contributed by atoms with van der Waals surface area (Å²) in [5.74, 6) is -2.01. The van der Waals surface area contributed by atoms with Crippen molar-refractivity contribution in [3.05, 3.63) is 28.8 Å². The largest absolute Gasteiger partial charge is 0.433 e. The number of nitrogens with zero attached hydrogens (tertiary/aromatic N) is 1. The van der Waals surface area contributed by atoms with Gasteiger partial charge < -0.3 is 30.3 Å². The fourth-order valence-corrected chi connectivity index (χ4v) is 5.34. The normalized spacial score (nSPS) is 24.1. The first-order chi connectivity index (χ1) is 18.1. The molecule has 11 nitrogen and oxygen atoms in total. The molecule has 4 rings (SSSR count). The molecule has 1 saturated carbocycles. The Morgan fingerprint density at radius 2 is 1.87 bits per heavy atom. The number of rotatable bonds is 8. The minimum atomic E-state index is -0.903. The summed E-state index contributed by atoms with van der Waals surface area (Å²) in [4.78, 5) is 63.7. The first kappa shape index (κ1) is 27.8. The van der Waals surface area contributed by atoms with Gasteiger partial charge in [0.1, 0.15) is 18.1 Å². The smallest absolute Gasteiger partial charge is 0.310 e. The van der Waals surface area contributed by atoms with Gasteiger partial charge in [-0.25, -0.2) is 0 Å². The van der Waals surface area contributed by atoms with Crippen LogP contribution in [0, 0.1) is 0 Å². The Kier molecular flexibility index (Phi) is 8.88. The lowest BCUT2D eigenvalue weighted by molar-refractivity contribution is -0.176. The van der Waals surface area contributed by atoms with Crippen molar-refractivity contribution in [2.75, 3.05) is 11.9 Å². The van der Waals surface area contributed by atoms with Gasteiger partial charge in [0.25, 0.3) is 5.91 Å². The van der Waals surface area contributed by atoms with Gasteiger partial charge >= 0.3 is 5.97 Å². The van der Waals surface area contributed by atoms with E-state index >= 15 is 0 Å². The summed E-state index contributed by atoms with van der Waals surface area (Å²) in [6.07, 6.45) is 4.21. The number of hydrogen-bond donors (Lipinski definition) is 3. The number of anilines is 1. The molecule has 2 heterocycles. The Balaban J connectivity index is 1.34. The van der Waals surface area contributed by atoms with Crippen molar-refractivity contribution in [1.82, 2.24) is 15.5 Å². The Morgan fingerprint density at radius 3 is 2.55 bits per heavy atom. The van der Waals surface area contributed by atoms with Crippen molar-refractivity contribution in [2.45, 2.75) is 89.3 Å². The minimum Gasteiger partial charge on any atom is -0.433 e. The highest BCUT2D eigenvalue weighted by Crippen LogP contribution is 2.27. The van der Waals surface area contributed by atoms with E-state index in [0.29, 0.717) is 25.1 Å². The monoisotopic (exact) mass is 548 g/mol. The van der Waals surface area contributed by atoms with E-state index in [0.717, 1.165) is 25.7 Å². The van der Waals surface area contributed by atoms with Crippen LogP contribution in [0.25, 0.3) is 0 Å². The highest BCUT2D eigenvalue weighted by molar-refractivity contribution is 6.34. The van der Waals surface area contributed by atoms with Gasteiger partial charge in [-0.05, 0) is 50.8 Å². The second kappa shape index (κ2) is 12.1. The number of nitrogens with one attached hydrogen (secondary N) is 3. The fraction of sp³-hybridized carbons (Fsp3) is 0.577. The molecule has 206 valence electrons. The third-order valence-corrected chi connectivity index (χ3v) is 7.33. The molecule has 12 heteroatoms. The van der Waals surface area contributed by atoms with Crippen molar-refractivity contribution in [3.8, 4) is 0 Å². The number of benzene rings is 1. The molecular formula is C26H33ClN4O7. The molecule has 0 bridgehead atoms. The van der Waals surface area contributed by atoms with Crippen LogP contribution >= 0.6 is 11.6 Å². The van der Waals surface area contributed by atoms with Crippen molar-refractivity contribution < 1.29 is 33.4 Å². The number of carbonyl (C=O) groups excluding carboxylic acids is 5. The predicted molar refractivity (Wildman–Crippen MR) is 137 cm³/mol. The van der Waals surface area contributed by atoms with E-state index in [1.807, 2.05) is 0 Å². The van der Waals surface area contributed by atoms with Crippen molar-refractivity contribution >= 4 is 46.9 Å². The molecule has 1 aromatic carbocycles. The number of hydrogen-bond acceptors (Lipinski definition) is 7. The van der Waals surface area contributed by atoms with Gasteiger partial charge in [-0.3, -0.25) is 24.0 Å². The van der Waals surface area contributed by atoms with E-state index in [2.05, 4.69) is 16.0 Å². The van der Waals surface area contributed by atoms with E-state index in [9.17, 15) is 24.0 Å². The summed E-state index contributed by atoms with van der Waals surface area (Å²) in [6.45, 7) is 3.27. The van der Waals surface area contributed by atoms with Gasteiger partial charge in [0, 0.05) is 19.0 Å². The van der Waals surface area contributed by atoms with Crippen molar-refractivity contribution in [3.63, 3.8) is 0 Å². The fourth-order valence-electron chi connectivity index (χ4n) is 5.11. The van der Waals surface area contributed by atoms with E-state index in [1.165, 1.54) is 30.0 Å². The molecule has 2 aliphatic heterocycles. The molecule has 0 radical (unpaired) electrons. The summed E-state index contributed by atoms with van der Waals surface area (Å²) in [7, 11) is 0. The van der Waals surface area contributed by atoms with E-state index in [-0.39, 0.29) is 34.9 Å². The van der Waals surface area contributed by atoms with E-state index < -0.39 is 42.2 Å². The minimum absolute atomic E-state index is 0.0100. The lowest BCUT2D eigenvalue weighted by Crippen LogP contribution is -2.54. The molecule has 4 amide bonds. The lowest BCUT2D eigenvalue weighted by atomic mass is 10.1. The molecule has 2 saturated heterocycles.